The summed E-state index contributed by atoms with van der Waals surface area (Å²) >= 11 is 1.46. The Morgan fingerprint density at radius 2 is 1.50 bits per heavy atom. The van der Waals surface area contributed by atoms with Crippen LogP contribution in [0.1, 0.15) is 30.0 Å². The molecule has 0 amide bonds. The van der Waals surface area contributed by atoms with Gasteiger partial charge in [-0.15, -0.1) is 13.2 Å². The topological polar surface area (TPSA) is 24.5 Å². The maximum Gasteiger partial charge on any atom is 0.573 e. The molecule has 0 saturated carbocycles. The van der Waals surface area contributed by atoms with Gasteiger partial charge in [0, 0.05) is 17.5 Å². The van der Waals surface area contributed by atoms with E-state index in [-0.39, 0.29) is 11.8 Å². The minimum absolute atomic E-state index is 0.204. The van der Waals surface area contributed by atoms with E-state index >= 15 is 0 Å². The monoisotopic (exact) mass is 456 g/mol. The lowest BCUT2D eigenvalue weighted by Crippen LogP contribution is -2.45. The number of rotatable bonds is 5. The predicted octanol–water partition coefficient (Wildman–Crippen LogP) is 6.42. The molecule has 0 spiro atoms. The summed E-state index contributed by atoms with van der Waals surface area (Å²) in [6.45, 7) is 1.95. The number of hydrogen-bond acceptors (Lipinski definition) is 4. The molecule has 0 aromatic heterocycles. The third-order valence-electron chi connectivity index (χ3n) is 6.02. The highest BCUT2D eigenvalue weighted by molar-refractivity contribution is 7.97. The van der Waals surface area contributed by atoms with E-state index in [2.05, 4.69) is 62.9 Å². The molecule has 3 aromatic carbocycles. The van der Waals surface area contributed by atoms with Gasteiger partial charge in [0.25, 0.3) is 0 Å². The number of halogens is 3. The molecule has 1 saturated heterocycles. The fourth-order valence-electron chi connectivity index (χ4n) is 4.72. The lowest BCUT2D eigenvalue weighted by Gasteiger charge is -2.37. The largest absolute Gasteiger partial charge is 0.573 e. The van der Waals surface area contributed by atoms with Crippen molar-refractivity contribution in [3.05, 3.63) is 83.9 Å². The number of ether oxygens (including phenoxy) is 1. The van der Waals surface area contributed by atoms with Crippen molar-refractivity contribution in [3.8, 4) is 16.9 Å². The van der Waals surface area contributed by atoms with Gasteiger partial charge in [-0.1, -0.05) is 48.5 Å². The summed E-state index contributed by atoms with van der Waals surface area (Å²) in [6, 6.07) is 23.8. The van der Waals surface area contributed by atoms with Crippen molar-refractivity contribution in [3.63, 3.8) is 0 Å². The maximum atomic E-state index is 12.3. The fourth-order valence-corrected chi connectivity index (χ4v) is 5.49. The van der Waals surface area contributed by atoms with Gasteiger partial charge in [-0.3, -0.25) is 9.62 Å². The van der Waals surface area contributed by atoms with E-state index in [4.69, 9.17) is 0 Å². The van der Waals surface area contributed by atoms with Crippen LogP contribution in [0.25, 0.3) is 11.1 Å². The standard InChI is InChI=1S/C25H23F3N2OS/c26-25(27,28)31-18-11-13-19(14-12-18)32-29-17-6-5-15-30(16-17)24-22-9-3-1-7-20(22)21-8-2-4-10-23(21)24/h1-4,7-14,17,24,29H,5-6,15-16H2. The van der Waals surface area contributed by atoms with Gasteiger partial charge < -0.3 is 4.74 Å². The zero-order valence-electron chi connectivity index (χ0n) is 17.3. The third kappa shape index (κ3) is 4.51. The molecule has 5 rings (SSSR count). The molecular formula is C25H23F3N2OS. The molecule has 1 N–H and O–H groups in total. The van der Waals surface area contributed by atoms with E-state index in [0.717, 1.165) is 30.8 Å². The molecule has 32 heavy (non-hydrogen) atoms. The molecule has 1 unspecified atom stereocenters. The predicted molar refractivity (Wildman–Crippen MR) is 120 cm³/mol. The maximum absolute atomic E-state index is 12.3. The van der Waals surface area contributed by atoms with Gasteiger partial charge in [-0.05, 0) is 77.9 Å². The summed E-state index contributed by atoms with van der Waals surface area (Å²) in [7, 11) is 0. The van der Waals surface area contributed by atoms with Crippen LogP contribution in [0.4, 0.5) is 13.2 Å². The average molecular weight is 457 g/mol. The molecule has 3 nitrogen and oxygen atoms in total. The normalized spacial score (nSPS) is 18.9. The van der Waals surface area contributed by atoms with Gasteiger partial charge in [-0.2, -0.15) is 0 Å². The van der Waals surface area contributed by atoms with Crippen molar-refractivity contribution in [2.45, 2.75) is 36.2 Å². The van der Waals surface area contributed by atoms with Crippen molar-refractivity contribution in [2.24, 2.45) is 0 Å². The molecule has 1 fully saturated rings. The zero-order chi connectivity index (χ0) is 22.1. The molecule has 2 aliphatic rings. The number of fused-ring (bicyclic) bond motifs is 3. The van der Waals surface area contributed by atoms with E-state index in [0.29, 0.717) is 6.04 Å². The lowest BCUT2D eigenvalue weighted by molar-refractivity contribution is -0.274. The number of nitrogens with one attached hydrogen (secondary N) is 1. The quantitative estimate of drug-likeness (QED) is 0.448. The molecule has 7 heteroatoms. The number of hydrogen-bond donors (Lipinski definition) is 1. The van der Waals surface area contributed by atoms with Crippen LogP contribution in [0.2, 0.25) is 0 Å². The highest BCUT2D eigenvalue weighted by atomic mass is 32.2. The van der Waals surface area contributed by atoms with Gasteiger partial charge in [-0.25, -0.2) is 0 Å². The van der Waals surface area contributed by atoms with Crippen LogP contribution < -0.4 is 9.46 Å². The first-order valence-electron chi connectivity index (χ1n) is 10.7. The van der Waals surface area contributed by atoms with Crippen LogP contribution in [0.5, 0.6) is 5.75 Å². The molecular weight excluding hydrogens is 433 g/mol. The number of alkyl halides is 3. The Morgan fingerprint density at radius 3 is 2.12 bits per heavy atom. The Morgan fingerprint density at radius 1 is 0.875 bits per heavy atom. The number of nitrogens with zero attached hydrogens (tertiary/aromatic N) is 1. The average Bonchev–Trinajstić information content (AvgIpc) is 3.12. The zero-order valence-corrected chi connectivity index (χ0v) is 18.1. The summed E-state index contributed by atoms with van der Waals surface area (Å²) in [4.78, 5) is 3.40. The second kappa shape index (κ2) is 8.81. The summed E-state index contributed by atoms with van der Waals surface area (Å²) in [5, 5.41) is 0. The smallest absolute Gasteiger partial charge is 0.406 e. The second-order valence-electron chi connectivity index (χ2n) is 8.15. The van der Waals surface area contributed by atoms with Crippen LogP contribution in [-0.2, 0) is 0 Å². The Bertz CT molecular complexity index is 1040. The molecule has 0 bridgehead atoms. The van der Waals surface area contributed by atoms with Crippen molar-refractivity contribution >= 4 is 11.9 Å². The van der Waals surface area contributed by atoms with Gasteiger partial charge in [0.1, 0.15) is 5.75 Å². The van der Waals surface area contributed by atoms with Crippen molar-refractivity contribution in [2.75, 3.05) is 13.1 Å². The second-order valence-corrected chi connectivity index (χ2v) is 9.06. The Hall–Kier alpha value is -2.48. The van der Waals surface area contributed by atoms with E-state index in [9.17, 15) is 13.2 Å². The molecule has 1 atom stereocenters. The van der Waals surface area contributed by atoms with Gasteiger partial charge >= 0.3 is 6.36 Å². The van der Waals surface area contributed by atoms with Crippen molar-refractivity contribution in [1.29, 1.82) is 0 Å². The number of piperidine rings is 1. The molecule has 0 radical (unpaired) electrons. The molecule has 1 aliphatic heterocycles. The van der Waals surface area contributed by atoms with Crippen molar-refractivity contribution in [1.82, 2.24) is 9.62 Å². The van der Waals surface area contributed by atoms with E-state index in [1.54, 1.807) is 12.1 Å². The minimum Gasteiger partial charge on any atom is -0.406 e. The Kier molecular flexibility index (Phi) is 5.88. The van der Waals surface area contributed by atoms with Crippen LogP contribution in [0.3, 0.4) is 0 Å². The third-order valence-corrected chi connectivity index (χ3v) is 6.98. The first-order chi connectivity index (χ1) is 15.5. The first kappa shape index (κ1) is 21.4. The molecule has 1 heterocycles. The van der Waals surface area contributed by atoms with Crippen LogP contribution >= 0.6 is 11.9 Å². The van der Waals surface area contributed by atoms with Gasteiger partial charge in [0.15, 0.2) is 0 Å². The van der Waals surface area contributed by atoms with E-state index in [1.165, 1.54) is 46.3 Å². The summed E-state index contributed by atoms with van der Waals surface area (Å²) in [6.07, 6.45) is -2.51. The first-order valence-corrected chi connectivity index (χ1v) is 11.5. The van der Waals surface area contributed by atoms with Gasteiger partial charge in [0.05, 0.1) is 6.04 Å². The highest BCUT2D eigenvalue weighted by Crippen LogP contribution is 2.46. The molecule has 3 aromatic rings. The lowest BCUT2D eigenvalue weighted by atomic mass is 9.98. The van der Waals surface area contributed by atoms with Crippen LogP contribution in [-0.4, -0.2) is 30.4 Å². The van der Waals surface area contributed by atoms with Crippen LogP contribution in [0, 0.1) is 0 Å². The van der Waals surface area contributed by atoms with Gasteiger partial charge in [0.2, 0.25) is 0 Å². The number of benzene rings is 3. The molecule has 166 valence electrons. The fraction of sp³-hybridized carbons (Fsp3) is 0.280. The number of likely N-dealkylation sites (tertiary alicyclic amines) is 1. The Balaban J connectivity index is 1.26. The highest BCUT2D eigenvalue weighted by Gasteiger charge is 2.35. The SMILES string of the molecule is FC(F)(F)Oc1ccc(SNC2CCCN(C3c4ccccc4-c4ccccc43)C2)cc1. The Labute approximate surface area is 189 Å². The minimum atomic E-state index is -4.67. The van der Waals surface area contributed by atoms with Crippen LogP contribution in [0.15, 0.2) is 77.7 Å². The summed E-state index contributed by atoms with van der Waals surface area (Å²) < 4.78 is 44.5. The molecule has 1 aliphatic carbocycles. The van der Waals surface area contributed by atoms with E-state index < -0.39 is 6.36 Å². The van der Waals surface area contributed by atoms with E-state index in [1.807, 2.05) is 0 Å². The summed E-state index contributed by atoms with van der Waals surface area (Å²) in [5.74, 6) is -0.204. The summed E-state index contributed by atoms with van der Waals surface area (Å²) in [5.41, 5.74) is 5.36. The van der Waals surface area contributed by atoms with Crippen molar-refractivity contribution < 1.29 is 17.9 Å².